The zero-order chi connectivity index (χ0) is 20.1. The maximum Gasteiger partial charge on any atom is 0.293 e. The normalized spacial score (nSPS) is 14.7. The van der Waals surface area contributed by atoms with Crippen molar-refractivity contribution in [3.8, 4) is 5.75 Å². The van der Waals surface area contributed by atoms with Gasteiger partial charge in [0.15, 0.2) is 0 Å². The molecule has 0 aliphatic carbocycles. The van der Waals surface area contributed by atoms with E-state index in [0.29, 0.717) is 0 Å². The van der Waals surface area contributed by atoms with Crippen LogP contribution in [0.2, 0.25) is 0 Å². The van der Waals surface area contributed by atoms with Crippen LogP contribution in [0.4, 0.5) is 11.4 Å². The van der Waals surface area contributed by atoms with Crippen molar-refractivity contribution in [3.63, 3.8) is 0 Å². The summed E-state index contributed by atoms with van der Waals surface area (Å²) in [5, 5.41) is 14.1. The van der Waals surface area contributed by atoms with E-state index in [0.717, 1.165) is 32.5 Å². The number of hydrogen-bond donors (Lipinski definition) is 2. The van der Waals surface area contributed by atoms with Crippen LogP contribution in [0.15, 0.2) is 42.5 Å². The number of nitrogens with one attached hydrogen (secondary N) is 1. The Bertz CT molecular complexity index is 855. The summed E-state index contributed by atoms with van der Waals surface area (Å²) < 4.78 is 5.18. The summed E-state index contributed by atoms with van der Waals surface area (Å²) in [6.07, 6.45) is 1.63. The molecule has 9 heteroatoms. The third-order valence-corrected chi connectivity index (χ3v) is 4.96. The molecule has 0 atom stereocenters. The Balaban J connectivity index is 0.00000300. The Morgan fingerprint density at radius 3 is 2.52 bits per heavy atom. The number of nitro benzene ring substituents is 1. The van der Waals surface area contributed by atoms with E-state index in [1.165, 1.54) is 24.8 Å². The SMILES string of the molecule is COc1cc(N)c([N+](=O)[O-])cc1C(=O)NC1CCN(Cc2ccccc2)CC1.Cl. The number of carbonyl (C=O) groups is 1. The molecule has 156 valence electrons. The average Bonchev–Trinajstić information content (AvgIpc) is 2.69. The Hall–Kier alpha value is -2.84. The summed E-state index contributed by atoms with van der Waals surface area (Å²) in [5.74, 6) is -0.163. The first-order valence-electron chi connectivity index (χ1n) is 9.17. The number of hydrogen-bond acceptors (Lipinski definition) is 6. The topological polar surface area (TPSA) is 111 Å². The fourth-order valence-electron chi connectivity index (χ4n) is 3.43. The van der Waals surface area contributed by atoms with Crippen molar-refractivity contribution in [1.29, 1.82) is 0 Å². The van der Waals surface area contributed by atoms with Crippen LogP contribution in [0.25, 0.3) is 0 Å². The molecule has 1 heterocycles. The van der Waals surface area contributed by atoms with E-state index in [1.807, 2.05) is 18.2 Å². The van der Waals surface area contributed by atoms with Gasteiger partial charge in [-0.05, 0) is 18.4 Å². The fourth-order valence-corrected chi connectivity index (χ4v) is 3.43. The van der Waals surface area contributed by atoms with E-state index >= 15 is 0 Å². The van der Waals surface area contributed by atoms with E-state index in [1.54, 1.807) is 0 Å². The highest BCUT2D eigenvalue weighted by Gasteiger charge is 2.25. The van der Waals surface area contributed by atoms with Crippen molar-refractivity contribution in [1.82, 2.24) is 10.2 Å². The Morgan fingerprint density at radius 1 is 1.28 bits per heavy atom. The van der Waals surface area contributed by atoms with E-state index in [2.05, 4.69) is 22.3 Å². The largest absolute Gasteiger partial charge is 0.496 e. The zero-order valence-electron chi connectivity index (χ0n) is 16.2. The molecule has 1 amide bonds. The maximum absolute atomic E-state index is 12.7. The summed E-state index contributed by atoms with van der Waals surface area (Å²) >= 11 is 0. The number of nitrogens with two attached hydrogens (primary N) is 1. The van der Waals surface area contributed by atoms with Gasteiger partial charge in [0.05, 0.1) is 17.6 Å². The summed E-state index contributed by atoms with van der Waals surface area (Å²) in [6, 6.07) is 12.8. The number of methoxy groups -OCH3 is 1. The Morgan fingerprint density at radius 2 is 1.93 bits per heavy atom. The van der Waals surface area contributed by atoms with Gasteiger partial charge in [-0.2, -0.15) is 0 Å². The van der Waals surface area contributed by atoms with E-state index < -0.39 is 4.92 Å². The van der Waals surface area contributed by atoms with Crippen molar-refractivity contribution < 1.29 is 14.5 Å². The third kappa shape index (κ3) is 5.58. The molecule has 0 radical (unpaired) electrons. The highest BCUT2D eigenvalue weighted by atomic mass is 35.5. The number of nitro groups is 1. The smallest absolute Gasteiger partial charge is 0.293 e. The minimum Gasteiger partial charge on any atom is -0.496 e. The molecule has 0 unspecified atom stereocenters. The van der Waals surface area contributed by atoms with Crippen molar-refractivity contribution in [2.45, 2.75) is 25.4 Å². The first kappa shape index (κ1) is 22.4. The van der Waals surface area contributed by atoms with Gasteiger partial charge < -0.3 is 15.8 Å². The Labute approximate surface area is 175 Å². The molecule has 0 spiro atoms. The summed E-state index contributed by atoms with van der Waals surface area (Å²) in [5.41, 5.74) is 6.72. The van der Waals surface area contributed by atoms with Gasteiger partial charge in [-0.25, -0.2) is 0 Å². The molecule has 0 saturated carbocycles. The van der Waals surface area contributed by atoms with Crippen molar-refractivity contribution >= 4 is 29.7 Å². The van der Waals surface area contributed by atoms with Crippen LogP contribution in [0, 0.1) is 10.1 Å². The number of anilines is 1. The number of halogens is 1. The second kappa shape index (κ2) is 10.1. The molecular formula is C20H25ClN4O4. The standard InChI is InChI=1S/C20H24N4O4.ClH/c1-28-19-12-17(21)18(24(26)27)11-16(19)20(25)22-15-7-9-23(10-8-15)13-14-5-3-2-4-6-14;/h2-6,11-12,15H,7-10,13,21H2,1H3,(H,22,25);1H. The van der Waals surface area contributed by atoms with Gasteiger partial charge in [0.1, 0.15) is 11.4 Å². The molecule has 3 N–H and O–H groups in total. The third-order valence-electron chi connectivity index (χ3n) is 4.96. The van der Waals surface area contributed by atoms with Crippen LogP contribution in [-0.4, -0.2) is 42.0 Å². The highest BCUT2D eigenvalue weighted by molar-refractivity contribution is 5.98. The molecule has 1 aliphatic heterocycles. The van der Waals surface area contributed by atoms with Crippen molar-refractivity contribution in [3.05, 3.63) is 63.7 Å². The number of likely N-dealkylation sites (tertiary alicyclic amines) is 1. The molecule has 0 aromatic heterocycles. The van der Waals surface area contributed by atoms with E-state index in [-0.39, 0.29) is 47.0 Å². The molecule has 1 saturated heterocycles. The van der Waals surface area contributed by atoms with Crippen molar-refractivity contribution in [2.24, 2.45) is 0 Å². The van der Waals surface area contributed by atoms with Crippen LogP contribution >= 0.6 is 12.4 Å². The molecule has 2 aromatic rings. The number of nitrogens with zero attached hydrogens (tertiary/aromatic N) is 2. The van der Waals surface area contributed by atoms with Gasteiger partial charge in [0.2, 0.25) is 0 Å². The number of nitrogen functional groups attached to an aromatic ring is 1. The molecule has 8 nitrogen and oxygen atoms in total. The predicted octanol–water partition coefficient (Wildman–Crippen LogP) is 3.00. The van der Waals surface area contributed by atoms with Gasteiger partial charge in [-0.15, -0.1) is 12.4 Å². The lowest BCUT2D eigenvalue weighted by molar-refractivity contribution is -0.383. The molecule has 3 rings (SSSR count). The van der Waals surface area contributed by atoms with Crippen LogP contribution < -0.4 is 15.8 Å². The Kier molecular flexibility index (Phi) is 7.81. The number of rotatable bonds is 6. The highest BCUT2D eigenvalue weighted by Crippen LogP contribution is 2.30. The van der Waals surface area contributed by atoms with Crippen LogP contribution in [0.1, 0.15) is 28.8 Å². The first-order valence-corrected chi connectivity index (χ1v) is 9.17. The van der Waals surface area contributed by atoms with E-state index in [9.17, 15) is 14.9 Å². The lowest BCUT2D eigenvalue weighted by Gasteiger charge is -2.32. The molecule has 0 bridgehead atoms. The average molecular weight is 421 g/mol. The second-order valence-corrected chi connectivity index (χ2v) is 6.88. The van der Waals surface area contributed by atoms with Crippen LogP contribution in [0.5, 0.6) is 5.75 Å². The molecule has 2 aromatic carbocycles. The minimum absolute atomic E-state index is 0. The minimum atomic E-state index is -0.604. The van der Waals surface area contributed by atoms with Crippen LogP contribution in [0.3, 0.4) is 0 Å². The number of benzene rings is 2. The first-order chi connectivity index (χ1) is 13.5. The van der Waals surface area contributed by atoms with Gasteiger partial charge in [0, 0.05) is 37.8 Å². The van der Waals surface area contributed by atoms with Gasteiger partial charge in [-0.1, -0.05) is 30.3 Å². The number of carbonyl (C=O) groups excluding carboxylic acids is 1. The van der Waals surface area contributed by atoms with E-state index in [4.69, 9.17) is 10.5 Å². The quantitative estimate of drug-likeness (QED) is 0.422. The van der Waals surface area contributed by atoms with Crippen molar-refractivity contribution in [2.75, 3.05) is 25.9 Å². The predicted molar refractivity (Wildman–Crippen MR) is 114 cm³/mol. The van der Waals surface area contributed by atoms with Gasteiger partial charge >= 0.3 is 0 Å². The number of amides is 1. The number of ether oxygens (including phenoxy) is 1. The summed E-state index contributed by atoms with van der Waals surface area (Å²) in [7, 11) is 1.40. The lowest BCUT2D eigenvalue weighted by Crippen LogP contribution is -2.44. The lowest BCUT2D eigenvalue weighted by atomic mass is 10.0. The van der Waals surface area contributed by atoms with Gasteiger partial charge in [0.25, 0.3) is 11.6 Å². The van der Waals surface area contributed by atoms with Gasteiger partial charge in [-0.3, -0.25) is 19.8 Å². The molecule has 29 heavy (non-hydrogen) atoms. The molecule has 1 fully saturated rings. The summed E-state index contributed by atoms with van der Waals surface area (Å²) in [6.45, 7) is 2.64. The maximum atomic E-state index is 12.7. The summed E-state index contributed by atoms with van der Waals surface area (Å²) in [4.78, 5) is 25.6. The fraction of sp³-hybridized carbons (Fsp3) is 0.350. The van der Waals surface area contributed by atoms with Crippen LogP contribution in [-0.2, 0) is 6.54 Å². The zero-order valence-corrected chi connectivity index (χ0v) is 17.0. The monoisotopic (exact) mass is 420 g/mol. The molecular weight excluding hydrogens is 396 g/mol. The second-order valence-electron chi connectivity index (χ2n) is 6.88. The molecule has 1 aliphatic rings. The number of piperidine rings is 1.